The summed E-state index contributed by atoms with van der Waals surface area (Å²) in [5, 5.41) is 10.6. The number of benzene rings is 1. The van der Waals surface area contributed by atoms with Crippen molar-refractivity contribution in [3.8, 4) is 0 Å². The van der Waals surface area contributed by atoms with Crippen molar-refractivity contribution in [3.63, 3.8) is 0 Å². The van der Waals surface area contributed by atoms with Crippen molar-refractivity contribution in [1.82, 2.24) is 20.9 Å². The SMILES string of the molecule is CN1CCNCCNCC(c2ccccc2)NCC1. The summed E-state index contributed by atoms with van der Waals surface area (Å²) < 4.78 is 0. The number of nitrogens with one attached hydrogen (secondary N) is 3. The third-order valence-corrected chi connectivity index (χ3v) is 3.58. The first-order valence-electron chi connectivity index (χ1n) is 7.24. The smallest absolute Gasteiger partial charge is 0.0447 e. The van der Waals surface area contributed by atoms with Gasteiger partial charge in [0.15, 0.2) is 0 Å². The van der Waals surface area contributed by atoms with Gasteiger partial charge in [-0.05, 0) is 12.6 Å². The van der Waals surface area contributed by atoms with E-state index in [4.69, 9.17) is 0 Å². The van der Waals surface area contributed by atoms with Crippen LogP contribution in [0.5, 0.6) is 0 Å². The summed E-state index contributed by atoms with van der Waals surface area (Å²) in [6.45, 7) is 7.33. The van der Waals surface area contributed by atoms with Gasteiger partial charge in [-0.3, -0.25) is 0 Å². The van der Waals surface area contributed by atoms with Crippen LogP contribution in [0.2, 0.25) is 0 Å². The van der Waals surface area contributed by atoms with E-state index >= 15 is 0 Å². The molecule has 2 rings (SSSR count). The van der Waals surface area contributed by atoms with Gasteiger partial charge in [0.2, 0.25) is 0 Å². The molecule has 1 aliphatic heterocycles. The molecule has 1 saturated heterocycles. The van der Waals surface area contributed by atoms with Crippen LogP contribution in [0.25, 0.3) is 0 Å². The zero-order valence-corrected chi connectivity index (χ0v) is 11.9. The van der Waals surface area contributed by atoms with E-state index in [2.05, 4.69) is 58.2 Å². The summed E-state index contributed by atoms with van der Waals surface area (Å²) in [6, 6.07) is 11.1. The molecule has 0 saturated carbocycles. The third kappa shape index (κ3) is 5.28. The van der Waals surface area contributed by atoms with Gasteiger partial charge in [0.25, 0.3) is 0 Å². The van der Waals surface area contributed by atoms with E-state index in [0.717, 1.165) is 45.8 Å². The van der Waals surface area contributed by atoms with Crippen molar-refractivity contribution in [2.45, 2.75) is 6.04 Å². The van der Waals surface area contributed by atoms with Gasteiger partial charge in [-0.1, -0.05) is 30.3 Å². The summed E-state index contributed by atoms with van der Waals surface area (Å²) in [5.74, 6) is 0. The highest BCUT2D eigenvalue weighted by Crippen LogP contribution is 2.11. The number of rotatable bonds is 1. The zero-order valence-electron chi connectivity index (χ0n) is 11.9. The van der Waals surface area contributed by atoms with Crippen LogP contribution in [-0.4, -0.2) is 57.8 Å². The minimum absolute atomic E-state index is 0.397. The quantitative estimate of drug-likeness (QED) is 0.687. The normalized spacial score (nSPS) is 24.4. The molecule has 3 N–H and O–H groups in total. The molecule has 106 valence electrons. The maximum Gasteiger partial charge on any atom is 0.0447 e. The Morgan fingerprint density at radius 2 is 1.68 bits per heavy atom. The van der Waals surface area contributed by atoms with E-state index in [1.807, 2.05) is 0 Å². The topological polar surface area (TPSA) is 39.3 Å². The van der Waals surface area contributed by atoms with E-state index in [9.17, 15) is 0 Å². The predicted octanol–water partition coefficient (Wildman–Crippen LogP) is 0.442. The summed E-state index contributed by atoms with van der Waals surface area (Å²) >= 11 is 0. The Labute approximate surface area is 116 Å². The Bertz CT molecular complexity index is 341. The molecule has 1 aliphatic rings. The van der Waals surface area contributed by atoms with Gasteiger partial charge in [0, 0.05) is 51.9 Å². The molecule has 0 aliphatic carbocycles. The molecule has 4 heteroatoms. The molecule has 0 bridgehead atoms. The standard InChI is InChI=1S/C15H26N4/c1-19-11-9-16-7-8-17-13-15(18-10-12-19)14-5-3-2-4-6-14/h2-6,15-18H,7-13H2,1H3. The van der Waals surface area contributed by atoms with Gasteiger partial charge < -0.3 is 20.9 Å². The van der Waals surface area contributed by atoms with Gasteiger partial charge in [0.05, 0.1) is 0 Å². The van der Waals surface area contributed by atoms with Crippen LogP contribution in [0.3, 0.4) is 0 Å². The minimum Gasteiger partial charge on any atom is -0.314 e. The highest BCUT2D eigenvalue weighted by Gasteiger charge is 2.10. The van der Waals surface area contributed by atoms with Gasteiger partial charge in [-0.15, -0.1) is 0 Å². The van der Waals surface area contributed by atoms with Crippen LogP contribution in [0.4, 0.5) is 0 Å². The predicted molar refractivity (Wildman–Crippen MR) is 80.4 cm³/mol. The number of likely N-dealkylation sites (N-methyl/N-ethyl adjacent to an activating group) is 1. The Balaban J connectivity index is 1.92. The van der Waals surface area contributed by atoms with E-state index in [1.54, 1.807) is 0 Å². The number of hydrogen-bond acceptors (Lipinski definition) is 4. The number of nitrogens with zero attached hydrogens (tertiary/aromatic N) is 1. The van der Waals surface area contributed by atoms with Gasteiger partial charge >= 0.3 is 0 Å². The summed E-state index contributed by atoms with van der Waals surface area (Å²) in [6.07, 6.45) is 0. The molecule has 1 heterocycles. The Kier molecular flexibility index (Phi) is 6.30. The van der Waals surface area contributed by atoms with Crippen molar-refractivity contribution in [2.24, 2.45) is 0 Å². The van der Waals surface area contributed by atoms with Crippen LogP contribution >= 0.6 is 0 Å². The summed E-state index contributed by atoms with van der Waals surface area (Å²) in [7, 11) is 2.19. The molecule has 1 atom stereocenters. The molecular formula is C15H26N4. The van der Waals surface area contributed by atoms with Crippen LogP contribution in [-0.2, 0) is 0 Å². The lowest BCUT2D eigenvalue weighted by molar-refractivity contribution is 0.315. The maximum atomic E-state index is 3.66. The fourth-order valence-electron chi connectivity index (χ4n) is 2.35. The second kappa shape index (κ2) is 8.27. The molecular weight excluding hydrogens is 236 g/mol. The molecule has 0 amide bonds. The first-order valence-corrected chi connectivity index (χ1v) is 7.24. The maximum absolute atomic E-state index is 3.66. The molecule has 1 aromatic rings. The minimum atomic E-state index is 0.397. The lowest BCUT2D eigenvalue weighted by Gasteiger charge is -2.24. The van der Waals surface area contributed by atoms with Crippen molar-refractivity contribution in [3.05, 3.63) is 35.9 Å². The average Bonchev–Trinajstić information content (AvgIpc) is 2.43. The fourth-order valence-corrected chi connectivity index (χ4v) is 2.35. The molecule has 0 aromatic heterocycles. The highest BCUT2D eigenvalue weighted by atomic mass is 15.1. The fraction of sp³-hybridized carbons (Fsp3) is 0.600. The average molecular weight is 262 g/mol. The molecule has 4 nitrogen and oxygen atoms in total. The van der Waals surface area contributed by atoms with Crippen molar-refractivity contribution < 1.29 is 0 Å². The number of hydrogen-bond donors (Lipinski definition) is 3. The lowest BCUT2D eigenvalue weighted by atomic mass is 10.1. The second-order valence-corrected chi connectivity index (χ2v) is 5.17. The summed E-state index contributed by atoms with van der Waals surface area (Å²) in [4.78, 5) is 2.37. The first kappa shape index (κ1) is 14.5. The van der Waals surface area contributed by atoms with Crippen molar-refractivity contribution >= 4 is 0 Å². The van der Waals surface area contributed by atoms with Crippen LogP contribution in [0.1, 0.15) is 11.6 Å². The van der Waals surface area contributed by atoms with E-state index < -0.39 is 0 Å². The van der Waals surface area contributed by atoms with Gasteiger partial charge in [-0.2, -0.15) is 0 Å². The van der Waals surface area contributed by atoms with Crippen molar-refractivity contribution in [2.75, 3.05) is 52.9 Å². The Morgan fingerprint density at radius 3 is 2.53 bits per heavy atom. The van der Waals surface area contributed by atoms with Gasteiger partial charge in [0.1, 0.15) is 0 Å². The second-order valence-electron chi connectivity index (χ2n) is 5.17. The monoisotopic (exact) mass is 262 g/mol. The third-order valence-electron chi connectivity index (χ3n) is 3.58. The molecule has 1 fully saturated rings. The Morgan fingerprint density at radius 1 is 0.947 bits per heavy atom. The Hall–Kier alpha value is -0.940. The van der Waals surface area contributed by atoms with Crippen LogP contribution in [0, 0.1) is 0 Å². The van der Waals surface area contributed by atoms with E-state index in [-0.39, 0.29) is 0 Å². The lowest BCUT2D eigenvalue weighted by Crippen LogP contribution is -2.41. The molecule has 19 heavy (non-hydrogen) atoms. The van der Waals surface area contributed by atoms with Gasteiger partial charge in [-0.25, -0.2) is 0 Å². The largest absolute Gasteiger partial charge is 0.314 e. The molecule has 1 unspecified atom stereocenters. The molecule has 1 aromatic carbocycles. The van der Waals surface area contributed by atoms with Crippen molar-refractivity contribution in [1.29, 1.82) is 0 Å². The first-order chi connectivity index (χ1) is 9.36. The zero-order chi connectivity index (χ0) is 13.3. The molecule has 0 spiro atoms. The van der Waals surface area contributed by atoms with Crippen LogP contribution in [0.15, 0.2) is 30.3 Å². The summed E-state index contributed by atoms with van der Waals surface area (Å²) in [5.41, 5.74) is 1.36. The van der Waals surface area contributed by atoms with Crippen LogP contribution < -0.4 is 16.0 Å². The highest BCUT2D eigenvalue weighted by molar-refractivity contribution is 5.19. The van der Waals surface area contributed by atoms with E-state index in [1.165, 1.54) is 5.56 Å². The molecule has 0 radical (unpaired) electrons. The van der Waals surface area contributed by atoms with E-state index in [0.29, 0.717) is 6.04 Å².